The number of rotatable bonds is 8. The lowest BCUT2D eigenvalue weighted by molar-refractivity contribution is 0.0901. The third-order valence-corrected chi connectivity index (χ3v) is 3.81. The molecule has 0 saturated carbocycles. The third kappa shape index (κ3) is 4.50. The zero-order chi connectivity index (χ0) is 14.2. The van der Waals surface area contributed by atoms with Crippen molar-refractivity contribution in [1.82, 2.24) is 5.32 Å². The lowest BCUT2D eigenvalue weighted by Gasteiger charge is -2.18. The number of hydrogen-bond acceptors (Lipinski definition) is 3. The smallest absolute Gasteiger partial charge is 0.124 e. The van der Waals surface area contributed by atoms with Crippen LogP contribution in [0.3, 0.4) is 0 Å². The normalized spacial score (nSPS) is 20.0. The SMILES string of the molecule is CCCNC(C)c1ccccc1OCCC1CCCO1. The van der Waals surface area contributed by atoms with Crippen LogP contribution in [0.5, 0.6) is 5.75 Å². The first-order chi connectivity index (χ1) is 9.81. The maximum absolute atomic E-state index is 5.98. The van der Waals surface area contributed by atoms with Gasteiger partial charge in [0.25, 0.3) is 0 Å². The van der Waals surface area contributed by atoms with Gasteiger partial charge >= 0.3 is 0 Å². The van der Waals surface area contributed by atoms with Crippen LogP contribution in [0.15, 0.2) is 24.3 Å². The van der Waals surface area contributed by atoms with E-state index in [1.807, 2.05) is 6.07 Å². The van der Waals surface area contributed by atoms with Gasteiger partial charge in [0, 0.05) is 24.6 Å². The van der Waals surface area contributed by atoms with E-state index < -0.39 is 0 Å². The molecule has 20 heavy (non-hydrogen) atoms. The Morgan fingerprint density at radius 3 is 3.00 bits per heavy atom. The molecule has 2 unspecified atom stereocenters. The van der Waals surface area contributed by atoms with Crippen molar-refractivity contribution in [2.45, 2.75) is 51.7 Å². The fourth-order valence-electron chi connectivity index (χ4n) is 2.61. The van der Waals surface area contributed by atoms with E-state index in [-0.39, 0.29) is 0 Å². The predicted molar refractivity (Wildman–Crippen MR) is 82.2 cm³/mol. The van der Waals surface area contributed by atoms with Crippen LogP contribution >= 0.6 is 0 Å². The highest BCUT2D eigenvalue weighted by Crippen LogP contribution is 2.25. The Bertz CT molecular complexity index is 388. The summed E-state index contributed by atoms with van der Waals surface area (Å²) in [4.78, 5) is 0. The second-order valence-corrected chi connectivity index (χ2v) is 5.49. The molecule has 0 spiro atoms. The van der Waals surface area contributed by atoms with Gasteiger partial charge in [0.05, 0.1) is 12.7 Å². The van der Waals surface area contributed by atoms with Crippen LogP contribution in [-0.4, -0.2) is 25.9 Å². The third-order valence-electron chi connectivity index (χ3n) is 3.81. The van der Waals surface area contributed by atoms with Gasteiger partial charge < -0.3 is 14.8 Å². The monoisotopic (exact) mass is 277 g/mol. The Morgan fingerprint density at radius 2 is 2.25 bits per heavy atom. The van der Waals surface area contributed by atoms with E-state index >= 15 is 0 Å². The van der Waals surface area contributed by atoms with E-state index in [0.717, 1.165) is 38.3 Å². The molecule has 1 fully saturated rings. The highest BCUT2D eigenvalue weighted by molar-refractivity contribution is 5.35. The number of hydrogen-bond donors (Lipinski definition) is 1. The van der Waals surface area contributed by atoms with Crippen LogP contribution in [0.1, 0.15) is 51.1 Å². The summed E-state index contributed by atoms with van der Waals surface area (Å²) < 4.78 is 11.6. The van der Waals surface area contributed by atoms with E-state index in [0.29, 0.717) is 12.1 Å². The molecule has 0 aliphatic carbocycles. The summed E-state index contributed by atoms with van der Waals surface area (Å²) in [6.07, 6.45) is 4.91. The van der Waals surface area contributed by atoms with Crippen molar-refractivity contribution in [3.8, 4) is 5.75 Å². The summed E-state index contributed by atoms with van der Waals surface area (Å²) >= 11 is 0. The van der Waals surface area contributed by atoms with Gasteiger partial charge in [-0.15, -0.1) is 0 Å². The maximum atomic E-state index is 5.98. The van der Waals surface area contributed by atoms with Gasteiger partial charge in [-0.25, -0.2) is 0 Å². The quantitative estimate of drug-likeness (QED) is 0.786. The Morgan fingerprint density at radius 1 is 1.40 bits per heavy atom. The molecular formula is C17H27NO2. The molecule has 1 aromatic rings. The molecule has 1 aliphatic heterocycles. The summed E-state index contributed by atoms with van der Waals surface area (Å²) in [5.74, 6) is 1.00. The van der Waals surface area contributed by atoms with Crippen LogP contribution in [0.2, 0.25) is 0 Å². The minimum atomic E-state index is 0.328. The van der Waals surface area contributed by atoms with E-state index in [9.17, 15) is 0 Å². The lowest BCUT2D eigenvalue weighted by Crippen LogP contribution is -2.20. The Hall–Kier alpha value is -1.06. The highest BCUT2D eigenvalue weighted by atomic mass is 16.5. The molecule has 1 aliphatic rings. The fraction of sp³-hybridized carbons (Fsp3) is 0.647. The van der Waals surface area contributed by atoms with Crippen molar-refractivity contribution >= 4 is 0 Å². The van der Waals surface area contributed by atoms with Crippen molar-refractivity contribution in [3.05, 3.63) is 29.8 Å². The van der Waals surface area contributed by atoms with Crippen LogP contribution in [0.4, 0.5) is 0 Å². The first-order valence-corrected chi connectivity index (χ1v) is 7.88. The first-order valence-electron chi connectivity index (χ1n) is 7.88. The Kier molecular flexibility index (Phi) is 6.34. The Balaban J connectivity index is 1.86. The largest absolute Gasteiger partial charge is 0.493 e. The van der Waals surface area contributed by atoms with Gasteiger partial charge in [0.1, 0.15) is 5.75 Å². The summed E-state index contributed by atoms with van der Waals surface area (Å²) in [5, 5.41) is 3.52. The molecule has 2 atom stereocenters. The molecule has 2 rings (SSSR count). The number of ether oxygens (including phenoxy) is 2. The van der Waals surface area contributed by atoms with Crippen LogP contribution in [0.25, 0.3) is 0 Å². The van der Waals surface area contributed by atoms with E-state index in [1.54, 1.807) is 0 Å². The van der Waals surface area contributed by atoms with Gasteiger partial charge in [0.2, 0.25) is 0 Å². The molecule has 3 heteroatoms. The van der Waals surface area contributed by atoms with Crippen molar-refractivity contribution in [1.29, 1.82) is 0 Å². The van der Waals surface area contributed by atoms with Gasteiger partial charge in [-0.05, 0) is 38.8 Å². The molecule has 1 aromatic carbocycles. The molecular weight excluding hydrogens is 250 g/mol. The second-order valence-electron chi connectivity index (χ2n) is 5.49. The standard InChI is InChI=1S/C17H27NO2/c1-3-11-18-14(2)16-8-4-5-9-17(16)20-13-10-15-7-6-12-19-15/h4-5,8-9,14-15,18H,3,6-7,10-13H2,1-2H3. The molecule has 1 heterocycles. The molecule has 1 N–H and O–H groups in total. The summed E-state index contributed by atoms with van der Waals surface area (Å²) in [6.45, 7) is 7.06. The molecule has 1 saturated heterocycles. The zero-order valence-electron chi connectivity index (χ0n) is 12.7. The van der Waals surface area contributed by atoms with Crippen LogP contribution < -0.4 is 10.1 Å². The highest BCUT2D eigenvalue weighted by Gasteiger charge is 2.16. The van der Waals surface area contributed by atoms with Crippen LogP contribution in [0, 0.1) is 0 Å². The zero-order valence-corrected chi connectivity index (χ0v) is 12.7. The summed E-state index contributed by atoms with van der Waals surface area (Å²) in [5.41, 5.74) is 1.24. The maximum Gasteiger partial charge on any atom is 0.124 e. The van der Waals surface area contributed by atoms with E-state index in [2.05, 4.69) is 37.4 Å². The van der Waals surface area contributed by atoms with E-state index in [4.69, 9.17) is 9.47 Å². The predicted octanol–water partition coefficient (Wildman–Crippen LogP) is 3.70. The Labute approximate surface area is 122 Å². The minimum Gasteiger partial charge on any atom is -0.493 e. The van der Waals surface area contributed by atoms with Crippen molar-refractivity contribution < 1.29 is 9.47 Å². The first kappa shape index (κ1) is 15.3. The van der Waals surface area contributed by atoms with Crippen molar-refractivity contribution in [2.24, 2.45) is 0 Å². The average Bonchev–Trinajstić information content (AvgIpc) is 2.98. The van der Waals surface area contributed by atoms with Gasteiger partial charge in [0.15, 0.2) is 0 Å². The lowest BCUT2D eigenvalue weighted by atomic mass is 10.1. The van der Waals surface area contributed by atoms with Crippen molar-refractivity contribution in [2.75, 3.05) is 19.8 Å². The molecule has 112 valence electrons. The topological polar surface area (TPSA) is 30.5 Å². The molecule has 0 radical (unpaired) electrons. The minimum absolute atomic E-state index is 0.328. The van der Waals surface area contributed by atoms with Gasteiger partial charge in [-0.1, -0.05) is 25.1 Å². The van der Waals surface area contributed by atoms with Crippen molar-refractivity contribution in [3.63, 3.8) is 0 Å². The summed E-state index contributed by atoms with van der Waals surface area (Å²) in [7, 11) is 0. The average molecular weight is 277 g/mol. The fourth-order valence-corrected chi connectivity index (χ4v) is 2.61. The number of benzene rings is 1. The van der Waals surface area contributed by atoms with Gasteiger partial charge in [-0.2, -0.15) is 0 Å². The molecule has 3 nitrogen and oxygen atoms in total. The number of para-hydroxylation sites is 1. The van der Waals surface area contributed by atoms with E-state index in [1.165, 1.54) is 18.4 Å². The number of nitrogens with one attached hydrogen (secondary N) is 1. The van der Waals surface area contributed by atoms with Crippen LogP contribution in [-0.2, 0) is 4.74 Å². The van der Waals surface area contributed by atoms with Gasteiger partial charge in [-0.3, -0.25) is 0 Å². The molecule has 0 bridgehead atoms. The molecule has 0 amide bonds. The second kappa shape index (κ2) is 8.28. The summed E-state index contributed by atoms with van der Waals surface area (Å²) in [6, 6.07) is 8.65. The molecule has 0 aromatic heterocycles.